The number of nitrogens with zero attached hydrogens (tertiary/aromatic N) is 1. The van der Waals surface area contributed by atoms with Gasteiger partial charge >= 0.3 is 16.1 Å². The van der Waals surface area contributed by atoms with Crippen molar-refractivity contribution in [2.24, 2.45) is 0 Å². The molecule has 3 aromatic rings. The van der Waals surface area contributed by atoms with Gasteiger partial charge in [0.05, 0.1) is 17.9 Å². The largest absolute Gasteiger partial charge is 0.462 e. The lowest BCUT2D eigenvalue weighted by atomic mass is 10.1. The third kappa shape index (κ3) is 4.69. The molecule has 0 atom stereocenters. The van der Waals surface area contributed by atoms with Crippen LogP contribution < -0.4 is 4.18 Å². The first-order valence-corrected chi connectivity index (χ1v) is 11.3. The number of carbonyl (C=O) groups is 2. The van der Waals surface area contributed by atoms with Gasteiger partial charge in [-0.05, 0) is 56.3 Å². The van der Waals surface area contributed by atoms with Gasteiger partial charge in [0, 0.05) is 10.6 Å². The Morgan fingerprint density at radius 3 is 2.53 bits per heavy atom. The minimum atomic E-state index is -4.15. The Labute approximate surface area is 182 Å². The molecule has 0 aliphatic rings. The molecular formula is C20H16ClNO6S2. The molecule has 1 aromatic heterocycles. The Morgan fingerprint density at radius 1 is 1.20 bits per heavy atom. The van der Waals surface area contributed by atoms with Crippen LogP contribution in [-0.2, 0) is 14.9 Å². The van der Waals surface area contributed by atoms with E-state index in [-0.39, 0.29) is 22.8 Å². The van der Waals surface area contributed by atoms with Crippen molar-refractivity contribution in [2.75, 3.05) is 6.61 Å². The molecule has 3 rings (SSSR count). The molecule has 2 aromatic carbocycles. The van der Waals surface area contributed by atoms with Gasteiger partial charge in [-0.1, -0.05) is 11.6 Å². The highest BCUT2D eigenvalue weighted by atomic mass is 35.5. The average molecular weight is 466 g/mol. The lowest BCUT2D eigenvalue weighted by Crippen LogP contribution is -2.10. The summed E-state index contributed by atoms with van der Waals surface area (Å²) in [7, 11) is -4.15. The topological polar surface area (TPSA) is 99.6 Å². The monoisotopic (exact) mass is 465 g/mol. The molecule has 0 unspecified atom stereocenters. The number of carbonyl (C=O) groups excluding carboxylic acids is 2. The highest BCUT2D eigenvalue weighted by Crippen LogP contribution is 2.32. The molecule has 0 bridgehead atoms. The predicted molar refractivity (Wildman–Crippen MR) is 113 cm³/mol. The van der Waals surface area contributed by atoms with E-state index in [2.05, 4.69) is 4.98 Å². The Balaban J connectivity index is 1.92. The van der Waals surface area contributed by atoms with E-state index in [9.17, 15) is 18.0 Å². The maximum atomic E-state index is 12.5. The second-order valence-electron chi connectivity index (χ2n) is 6.02. The van der Waals surface area contributed by atoms with Crippen LogP contribution in [0.3, 0.4) is 0 Å². The lowest BCUT2D eigenvalue weighted by Gasteiger charge is -2.10. The van der Waals surface area contributed by atoms with Crippen LogP contribution in [-0.4, -0.2) is 32.3 Å². The Morgan fingerprint density at radius 2 is 1.90 bits per heavy atom. The summed E-state index contributed by atoms with van der Waals surface area (Å²) >= 11 is 6.90. The summed E-state index contributed by atoms with van der Waals surface area (Å²) in [6, 6.07) is 9.85. The van der Waals surface area contributed by atoms with Crippen molar-refractivity contribution in [3.05, 3.63) is 63.6 Å². The standard InChI is InChI=1S/C20H16ClNO6S2/c1-3-27-20(24)18-12(2)22-19(29-18)13-4-9-17(14(10-13)11-23)28-30(25,26)16-7-5-15(21)6-8-16/h4-11H,3H2,1-2H3. The average Bonchev–Trinajstić information content (AvgIpc) is 3.10. The fraction of sp³-hybridized carbons (Fsp3) is 0.150. The van der Waals surface area contributed by atoms with Crippen LogP contribution in [0.1, 0.15) is 32.6 Å². The molecule has 1 heterocycles. The van der Waals surface area contributed by atoms with Crippen LogP contribution in [0.4, 0.5) is 0 Å². The lowest BCUT2D eigenvalue weighted by molar-refractivity contribution is 0.0531. The van der Waals surface area contributed by atoms with Crippen molar-refractivity contribution in [3.63, 3.8) is 0 Å². The number of benzene rings is 2. The molecule has 7 nitrogen and oxygen atoms in total. The summed E-state index contributed by atoms with van der Waals surface area (Å²) in [6.07, 6.45) is 0.489. The Hall–Kier alpha value is -2.75. The number of ether oxygens (including phenoxy) is 1. The number of esters is 1. The first kappa shape index (κ1) is 21.9. The third-order valence-electron chi connectivity index (χ3n) is 3.94. The number of thiazole rings is 1. The molecule has 10 heteroatoms. The van der Waals surface area contributed by atoms with E-state index in [0.717, 1.165) is 11.3 Å². The highest BCUT2D eigenvalue weighted by molar-refractivity contribution is 7.87. The van der Waals surface area contributed by atoms with Crippen LogP contribution in [0.2, 0.25) is 5.02 Å². The number of aryl methyl sites for hydroxylation is 1. The Kier molecular flexibility index (Phi) is 6.55. The zero-order chi connectivity index (χ0) is 21.9. The highest BCUT2D eigenvalue weighted by Gasteiger charge is 2.21. The molecule has 0 N–H and O–H groups in total. The molecule has 156 valence electrons. The molecule has 0 amide bonds. The number of aldehydes is 1. The van der Waals surface area contributed by atoms with Gasteiger partial charge < -0.3 is 8.92 Å². The van der Waals surface area contributed by atoms with Crippen molar-refractivity contribution in [3.8, 4) is 16.3 Å². The number of rotatable bonds is 7. The van der Waals surface area contributed by atoms with Gasteiger partial charge in [0.25, 0.3) is 0 Å². The molecule has 0 fully saturated rings. The van der Waals surface area contributed by atoms with Crippen molar-refractivity contribution >= 4 is 45.3 Å². The van der Waals surface area contributed by atoms with E-state index in [1.54, 1.807) is 19.9 Å². The van der Waals surface area contributed by atoms with Gasteiger partial charge in [0.15, 0.2) is 12.0 Å². The Bertz CT molecular complexity index is 1200. The molecule has 0 saturated heterocycles. The van der Waals surface area contributed by atoms with Crippen LogP contribution in [0.5, 0.6) is 5.75 Å². The van der Waals surface area contributed by atoms with Crippen LogP contribution in [0, 0.1) is 6.92 Å². The number of aromatic nitrogens is 1. The zero-order valence-corrected chi connectivity index (χ0v) is 18.3. The minimum Gasteiger partial charge on any atom is -0.462 e. The normalized spacial score (nSPS) is 11.2. The summed E-state index contributed by atoms with van der Waals surface area (Å²) in [4.78, 5) is 28.2. The van der Waals surface area contributed by atoms with Crippen LogP contribution >= 0.6 is 22.9 Å². The van der Waals surface area contributed by atoms with Gasteiger partial charge in [-0.15, -0.1) is 11.3 Å². The summed E-state index contributed by atoms with van der Waals surface area (Å²) in [5, 5.41) is 0.874. The maximum absolute atomic E-state index is 12.5. The molecule has 0 radical (unpaired) electrons. The molecule has 0 aliphatic heterocycles. The second kappa shape index (κ2) is 8.95. The van der Waals surface area contributed by atoms with E-state index >= 15 is 0 Å². The molecule has 30 heavy (non-hydrogen) atoms. The summed E-state index contributed by atoms with van der Waals surface area (Å²) in [6.45, 7) is 3.64. The summed E-state index contributed by atoms with van der Waals surface area (Å²) < 4.78 is 35.1. The van der Waals surface area contributed by atoms with Crippen molar-refractivity contribution in [1.29, 1.82) is 0 Å². The second-order valence-corrected chi connectivity index (χ2v) is 9.00. The fourth-order valence-electron chi connectivity index (χ4n) is 2.52. The van der Waals surface area contributed by atoms with Crippen molar-refractivity contribution < 1.29 is 26.9 Å². The van der Waals surface area contributed by atoms with E-state index in [1.165, 1.54) is 36.4 Å². The maximum Gasteiger partial charge on any atom is 0.350 e. The predicted octanol–water partition coefficient (Wildman–Crippen LogP) is 4.53. The number of hydrogen-bond donors (Lipinski definition) is 0. The van der Waals surface area contributed by atoms with E-state index in [4.69, 9.17) is 20.5 Å². The van der Waals surface area contributed by atoms with Gasteiger partial charge in [0.1, 0.15) is 14.8 Å². The van der Waals surface area contributed by atoms with Crippen LogP contribution in [0.25, 0.3) is 10.6 Å². The van der Waals surface area contributed by atoms with Gasteiger partial charge in [-0.2, -0.15) is 8.42 Å². The molecule has 0 aliphatic carbocycles. The quantitative estimate of drug-likeness (QED) is 0.287. The SMILES string of the molecule is CCOC(=O)c1sc(-c2ccc(OS(=O)(=O)c3ccc(Cl)cc3)c(C=O)c2)nc1C. The van der Waals surface area contributed by atoms with E-state index in [0.29, 0.717) is 32.5 Å². The summed E-state index contributed by atoms with van der Waals surface area (Å²) in [5.41, 5.74) is 1.07. The molecule has 0 saturated carbocycles. The molecular weight excluding hydrogens is 450 g/mol. The van der Waals surface area contributed by atoms with Crippen molar-refractivity contribution in [1.82, 2.24) is 4.98 Å². The fourth-order valence-corrected chi connectivity index (χ4v) is 4.56. The van der Waals surface area contributed by atoms with Gasteiger partial charge in [0.2, 0.25) is 0 Å². The number of hydrogen-bond acceptors (Lipinski definition) is 8. The van der Waals surface area contributed by atoms with Crippen LogP contribution in [0.15, 0.2) is 47.4 Å². The van der Waals surface area contributed by atoms with E-state index in [1.807, 2.05) is 0 Å². The minimum absolute atomic E-state index is 0.0237. The smallest absolute Gasteiger partial charge is 0.350 e. The van der Waals surface area contributed by atoms with Crippen molar-refractivity contribution in [2.45, 2.75) is 18.7 Å². The zero-order valence-electron chi connectivity index (χ0n) is 15.9. The van der Waals surface area contributed by atoms with Gasteiger partial charge in [-0.3, -0.25) is 4.79 Å². The first-order valence-electron chi connectivity index (χ1n) is 8.69. The molecule has 0 spiro atoms. The van der Waals surface area contributed by atoms with Gasteiger partial charge in [-0.25, -0.2) is 9.78 Å². The number of halogens is 1. The third-order valence-corrected chi connectivity index (χ3v) is 6.63. The first-order chi connectivity index (χ1) is 14.2. The van der Waals surface area contributed by atoms with E-state index < -0.39 is 16.1 Å². The summed E-state index contributed by atoms with van der Waals surface area (Å²) in [5.74, 6) is -0.592.